The SMILES string of the molecule is O=C=O.[2H]C([2H])([2H])C(C)(CCCCCCCCCCCCC(CC(=O)O)(C([2H])([2H])[2H])C([2H])([2H])[2H])C([2H])([2H])[2H]. The topological polar surface area (TPSA) is 71.4 Å². The van der Waals surface area contributed by atoms with Crippen molar-refractivity contribution >= 4 is 12.1 Å². The second kappa shape index (κ2) is 16.1. The van der Waals surface area contributed by atoms with Crippen LogP contribution in [0.25, 0.3) is 0 Å². The van der Waals surface area contributed by atoms with E-state index < -0.39 is 50.6 Å². The summed E-state index contributed by atoms with van der Waals surface area (Å²) in [6.07, 6.45) is 6.92. The molecule has 0 heterocycles. The predicted molar refractivity (Wildman–Crippen MR) is 106 cm³/mol. The second-order valence-electron chi connectivity index (χ2n) is 7.10. The molecule has 0 spiro atoms. The van der Waals surface area contributed by atoms with Crippen molar-refractivity contribution in [3.63, 3.8) is 0 Å². The van der Waals surface area contributed by atoms with Gasteiger partial charge in [-0.25, -0.2) is 0 Å². The standard InChI is InChI=1S/C21H42O2.CO2/c1-20(2,3)16-14-12-10-8-6-7-9-11-13-15-17-21(4,5)18-19(22)23;2-1-3/h6-18H2,1-5H3,(H,22,23);/i1D3,2D3,4D3,5D3;. The van der Waals surface area contributed by atoms with Crippen LogP contribution < -0.4 is 0 Å². The number of carbonyl (C=O) groups is 1. The summed E-state index contributed by atoms with van der Waals surface area (Å²) in [5.74, 6) is -1.43. The Morgan fingerprint density at radius 1 is 0.808 bits per heavy atom. The first-order valence-corrected chi connectivity index (χ1v) is 9.25. The predicted octanol–water partition coefficient (Wildman–Crippen LogP) is 6.63. The molecule has 0 aromatic heterocycles. The molecule has 1 N–H and O–H groups in total. The molecule has 0 amide bonds. The van der Waals surface area contributed by atoms with E-state index in [9.17, 15) is 4.79 Å². The summed E-state index contributed by atoms with van der Waals surface area (Å²) in [4.78, 5) is 27.4. The summed E-state index contributed by atoms with van der Waals surface area (Å²) in [5.41, 5.74) is -3.96. The van der Waals surface area contributed by atoms with Gasteiger partial charge in [0.25, 0.3) is 0 Å². The summed E-state index contributed by atoms with van der Waals surface area (Å²) in [7, 11) is 0. The smallest absolute Gasteiger partial charge is 0.373 e. The number of rotatable bonds is 14. The van der Waals surface area contributed by atoms with Crippen LogP contribution in [0.3, 0.4) is 0 Å². The minimum absolute atomic E-state index is 0.121. The van der Waals surface area contributed by atoms with Crippen LogP contribution in [0.5, 0.6) is 0 Å². The van der Waals surface area contributed by atoms with Crippen molar-refractivity contribution in [2.75, 3.05) is 0 Å². The summed E-state index contributed by atoms with van der Waals surface area (Å²) < 4.78 is 91.6. The average Bonchev–Trinajstić information content (AvgIpc) is 2.70. The van der Waals surface area contributed by atoms with E-state index in [4.69, 9.17) is 31.1 Å². The molecule has 0 unspecified atom stereocenters. The van der Waals surface area contributed by atoms with E-state index in [0.29, 0.717) is 19.3 Å². The van der Waals surface area contributed by atoms with Crippen molar-refractivity contribution in [3.05, 3.63) is 0 Å². The number of carboxylic acids is 1. The van der Waals surface area contributed by atoms with Gasteiger partial charge in [-0.1, -0.05) is 98.5 Å². The molecule has 4 nitrogen and oxygen atoms in total. The molecule has 0 bridgehead atoms. The van der Waals surface area contributed by atoms with Crippen molar-refractivity contribution in [1.82, 2.24) is 0 Å². The first-order valence-electron chi connectivity index (χ1n) is 15.3. The average molecular weight is 383 g/mol. The highest BCUT2D eigenvalue weighted by molar-refractivity contribution is 5.67. The second-order valence-corrected chi connectivity index (χ2v) is 7.10. The minimum Gasteiger partial charge on any atom is -0.481 e. The van der Waals surface area contributed by atoms with Gasteiger partial charge in [-0.2, -0.15) is 9.59 Å². The third-order valence-corrected chi connectivity index (χ3v) is 3.98. The largest absolute Gasteiger partial charge is 0.481 e. The minimum atomic E-state index is -2.90. The Morgan fingerprint density at radius 3 is 1.54 bits per heavy atom. The van der Waals surface area contributed by atoms with E-state index in [1.807, 2.05) is 0 Å². The third-order valence-electron chi connectivity index (χ3n) is 3.98. The fraction of sp³-hybridized carbons (Fsp3) is 0.909. The molecule has 26 heavy (non-hydrogen) atoms. The van der Waals surface area contributed by atoms with Gasteiger partial charge in [0.05, 0.1) is 6.42 Å². The van der Waals surface area contributed by atoms with Crippen LogP contribution in [0.1, 0.15) is 134 Å². The van der Waals surface area contributed by atoms with Crippen LogP contribution in [0.2, 0.25) is 0 Å². The van der Waals surface area contributed by atoms with Gasteiger partial charge in [-0.15, -0.1) is 0 Å². The quantitative estimate of drug-likeness (QED) is 0.342. The Kier molecular flexibility index (Phi) is 7.19. The Labute approximate surface area is 178 Å². The highest BCUT2D eigenvalue weighted by atomic mass is 16.4. The molecule has 154 valence electrons. The molecular formula is C22H42O4. The number of carboxylic acid groups (broad SMARTS) is 1. The zero-order valence-electron chi connectivity index (χ0n) is 27.9. The maximum absolute atomic E-state index is 11.2. The molecule has 0 aliphatic rings. The first kappa shape index (κ1) is 11.6. The highest BCUT2D eigenvalue weighted by Gasteiger charge is 2.20. The molecule has 0 saturated heterocycles. The summed E-state index contributed by atoms with van der Waals surface area (Å²) >= 11 is 0. The van der Waals surface area contributed by atoms with Gasteiger partial charge in [0.15, 0.2) is 0 Å². The lowest BCUT2D eigenvalue weighted by Crippen LogP contribution is -2.16. The zero-order valence-corrected chi connectivity index (χ0v) is 15.9. The van der Waals surface area contributed by atoms with Gasteiger partial charge in [-0.05, 0) is 23.7 Å². The summed E-state index contributed by atoms with van der Waals surface area (Å²) in [6, 6.07) is 0. The highest BCUT2D eigenvalue weighted by Crippen LogP contribution is 2.28. The monoisotopic (exact) mass is 382 g/mol. The van der Waals surface area contributed by atoms with Crippen molar-refractivity contribution in [1.29, 1.82) is 0 Å². The van der Waals surface area contributed by atoms with E-state index in [-0.39, 0.29) is 19.0 Å². The molecule has 0 aliphatic carbocycles. The van der Waals surface area contributed by atoms with Gasteiger partial charge in [0.2, 0.25) is 0 Å². The number of carbonyl (C=O) groups excluding carboxylic acids is 2. The van der Waals surface area contributed by atoms with Crippen LogP contribution in [0, 0.1) is 10.8 Å². The van der Waals surface area contributed by atoms with E-state index >= 15 is 0 Å². The molecule has 4 heteroatoms. The maximum atomic E-state index is 11.2. The number of unbranched alkanes of at least 4 members (excludes halogenated alkanes) is 9. The van der Waals surface area contributed by atoms with Crippen LogP contribution in [-0.2, 0) is 14.4 Å². The first-order chi connectivity index (χ1) is 17.0. The van der Waals surface area contributed by atoms with Gasteiger partial charge in [0, 0.05) is 16.4 Å². The van der Waals surface area contributed by atoms with E-state index in [0.717, 1.165) is 44.9 Å². The van der Waals surface area contributed by atoms with Crippen molar-refractivity contribution in [3.8, 4) is 0 Å². The molecule has 0 aliphatic heterocycles. The lowest BCUT2D eigenvalue weighted by atomic mass is 9.83. The molecule has 0 atom stereocenters. The lowest BCUT2D eigenvalue weighted by molar-refractivity contribution is -0.191. The molecule has 0 fully saturated rings. The van der Waals surface area contributed by atoms with Gasteiger partial charge in [-0.3, -0.25) is 4.79 Å². The third kappa shape index (κ3) is 25.1. The Hall–Kier alpha value is -1.15. The van der Waals surface area contributed by atoms with Crippen LogP contribution in [0.4, 0.5) is 0 Å². The lowest BCUT2D eigenvalue weighted by Gasteiger charge is -2.21. The summed E-state index contributed by atoms with van der Waals surface area (Å²) in [5, 5.41) is 9.11. The van der Waals surface area contributed by atoms with Crippen LogP contribution in [0.15, 0.2) is 0 Å². The van der Waals surface area contributed by atoms with Gasteiger partial charge < -0.3 is 5.11 Å². The fourth-order valence-corrected chi connectivity index (χ4v) is 2.67. The van der Waals surface area contributed by atoms with Crippen LogP contribution >= 0.6 is 0 Å². The Bertz CT molecular complexity index is 690. The Morgan fingerprint density at radius 2 is 1.19 bits per heavy atom. The number of hydrogen-bond donors (Lipinski definition) is 1. The molecule has 0 aromatic carbocycles. The van der Waals surface area contributed by atoms with Crippen molar-refractivity contribution < 1.29 is 35.9 Å². The van der Waals surface area contributed by atoms with Gasteiger partial charge in [0.1, 0.15) is 0 Å². The van der Waals surface area contributed by atoms with Crippen LogP contribution in [-0.4, -0.2) is 17.2 Å². The molecule has 0 rings (SSSR count). The summed E-state index contributed by atoms with van der Waals surface area (Å²) in [6.45, 7) is -9.58. The van der Waals surface area contributed by atoms with Crippen molar-refractivity contribution in [2.45, 2.75) is 118 Å². The van der Waals surface area contributed by atoms with E-state index in [1.165, 1.54) is 6.92 Å². The fourth-order valence-electron chi connectivity index (χ4n) is 2.67. The maximum Gasteiger partial charge on any atom is 0.373 e. The van der Waals surface area contributed by atoms with Crippen molar-refractivity contribution in [2.24, 2.45) is 10.8 Å². The van der Waals surface area contributed by atoms with E-state index in [1.54, 1.807) is 0 Å². The number of aliphatic carboxylic acids is 1. The molecule has 0 saturated carbocycles. The molecule has 0 radical (unpaired) electrons. The molecule has 0 aromatic rings. The normalized spacial score (nSPS) is 20.2. The Balaban J connectivity index is 0. The van der Waals surface area contributed by atoms with E-state index in [2.05, 4.69) is 0 Å². The molecular weight excluding hydrogens is 328 g/mol. The zero-order chi connectivity index (χ0) is 30.5. The van der Waals surface area contributed by atoms with Gasteiger partial charge >= 0.3 is 12.1 Å². The number of hydrogen-bond acceptors (Lipinski definition) is 3.